The van der Waals surface area contributed by atoms with Crippen molar-refractivity contribution >= 4 is 58.5 Å². The van der Waals surface area contributed by atoms with Gasteiger partial charge in [-0.25, -0.2) is 9.48 Å². The van der Waals surface area contributed by atoms with Crippen LogP contribution in [-0.4, -0.2) is 96.0 Å². The first kappa shape index (κ1) is 40.9. The highest BCUT2D eigenvalue weighted by molar-refractivity contribution is 7.56. The summed E-state index contributed by atoms with van der Waals surface area (Å²) < 4.78 is 41.2. The fourth-order valence-electron chi connectivity index (χ4n) is 8.50. The van der Waals surface area contributed by atoms with Crippen molar-refractivity contribution in [2.45, 2.75) is 95.8 Å². The average Bonchev–Trinajstić information content (AvgIpc) is 3.45. The summed E-state index contributed by atoms with van der Waals surface area (Å²) in [7, 11) is -3.69. The van der Waals surface area contributed by atoms with Gasteiger partial charge in [0.1, 0.15) is 24.0 Å². The van der Waals surface area contributed by atoms with Crippen molar-refractivity contribution in [1.82, 2.24) is 25.5 Å². The Balaban J connectivity index is 1.01. The Hall–Kier alpha value is -4.33. The van der Waals surface area contributed by atoms with Gasteiger partial charge < -0.3 is 29.7 Å². The highest BCUT2D eigenvalue weighted by atomic mass is 32.1. The van der Waals surface area contributed by atoms with Gasteiger partial charge in [0.15, 0.2) is 0 Å². The molecule has 9 atom stereocenters. The molecule has 1 saturated carbocycles. The van der Waals surface area contributed by atoms with Crippen LogP contribution in [0.1, 0.15) is 74.5 Å². The van der Waals surface area contributed by atoms with Crippen molar-refractivity contribution in [3.63, 3.8) is 0 Å². The maximum atomic E-state index is 14.8. The number of carbonyl (C=O) groups is 5. The lowest BCUT2D eigenvalue weighted by Crippen LogP contribution is -2.55. The number of hydrogen-bond donors (Lipinski definition) is 3. The molecule has 4 aliphatic rings. The number of esters is 1. The summed E-state index contributed by atoms with van der Waals surface area (Å²) in [6.45, 7) is 5.25. The minimum absolute atomic E-state index is 0.0328. The number of para-hydroxylation sites is 1. The lowest BCUT2D eigenvalue weighted by Gasteiger charge is -2.35. The molecular weight excluding hydrogens is 773 g/mol. The molecule has 1 aromatic heterocycles. The van der Waals surface area contributed by atoms with E-state index in [1.54, 1.807) is 42.2 Å². The fraction of sp³-hybridized carbons (Fsp3) is 0.537. The van der Waals surface area contributed by atoms with Crippen molar-refractivity contribution in [3.05, 3.63) is 65.0 Å². The maximum Gasteiger partial charge on any atom is 0.323 e. The number of rotatable bonds is 14. The molecule has 4 fully saturated rings. The predicted molar refractivity (Wildman–Crippen MR) is 213 cm³/mol. The number of nitrogens with one attached hydrogen (secondary N) is 3. The lowest BCUT2D eigenvalue weighted by atomic mass is 9.94. The Bertz CT molecular complexity index is 2050. The smallest absolute Gasteiger partial charge is 0.323 e. The van der Waals surface area contributed by atoms with Crippen LogP contribution in [0, 0.1) is 17.8 Å². The molecule has 57 heavy (non-hydrogen) atoms. The van der Waals surface area contributed by atoms with E-state index in [0.717, 1.165) is 22.9 Å². The van der Waals surface area contributed by atoms with Crippen molar-refractivity contribution in [2.75, 3.05) is 26.2 Å². The third kappa shape index (κ3) is 9.53. The Morgan fingerprint density at radius 3 is 2.53 bits per heavy atom. The molecule has 16 heteroatoms. The number of nitrogens with zero attached hydrogens (tertiary/aromatic N) is 2. The van der Waals surface area contributed by atoms with E-state index in [1.807, 2.05) is 31.2 Å². The summed E-state index contributed by atoms with van der Waals surface area (Å²) in [4.78, 5) is 69.3. The van der Waals surface area contributed by atoms with Gasteiger partial charge in [0.05, 0.1) is 36.2 Å². The monoisotopic (exact) mass is 823 g/mol. The Labute approximate surface area is 335 Å². The Morgan fingerprint density at radius 2 is 1.79 bits per heavy atom. The van der Waals surface area contributed by atoms with Crippen LogP contribution in [0.25, 0.3) is 10.1 Å². The second kappa shape index (κ2) is 17.3. The van der Waals surface area contributed by atoms with Gasteiger partial charge in [-0.1, -0.05) is 31.2 Å². The molecule has 3 saturated heterocycles. The Kier molecular flexibility index (Phi) is 12.4. The summed E-state index contributed by atoms with van der Waals surface area (Å²) in [5.41, 5.74) is 0.678. The van der Waals surface area contributed by atoms with E-state index in [4.69, 9.17) is 9.26 Å². The van der Waals surface area contributed by atoms with E-state index in [-0.39, 0.29) is 56.2 Å². The zero-order valence-electron chi connectivity index (χ0n) is 32.5. The van der Waals surface area contributed by atoms with Crippen LogP contribution >= 0.6 is 18.9 Å². The fourth-order valence-corrected chi connectivity index (χ4v) is 11.5. The van der Waals surface area contributed by atoms with Gasteiger partial charge in [-0.15, -0.1) is 11.3 Å². The zero-order valence-corrected chi connectivity index (χ0v) is 34.2. The molecule has 4 heterocycles. The molecule has 7 rings (SSSR count). The highest BCUT2D eigenvalue weighted by Crippen LogP contribution is 2.51. The molecular formula is C41H51FN5O8PS. The standard InChI is InChI=1S/C41H51FN5O8PS/c1-4-14-54-41(52)24(2)45-56(53,55-32-8-6-5-7-9-32)23-26-10-13-36-29(15-26)19-37(57-36)39(50)43-20-30-17-27-16-28(27)18-31-11-12-35(47(31)40(30)51)38(49)44-34-22-46(25(3)48)21-33(34)42/h5-10,13,15,19,24,27-28,30-31,33-35H,4,11-12,14,16-18,20-23H2,1-3H3,(H,43,50)(H,44,49)(H,45,53)/t24-,27+,28-,30?,31+,33-,34-,35-,56?/m0/s1. The van der Waals surface area contributed by atoms with Crippen molar-refractivity contribution in [2.24, 2.45) is 17.8 Å². The summed E-state index contributed by atoms with van der Waals surface area (Å²) in [5.74, 6) is -0.913. The van der Waals surface area contributed by atoms with Crippen LogP contribution in [0.3, 0.4) is 0 Å². The third-order valence-corrected chi connectivity index (χ3v) is 14.7. The molecule has 2 unspecified atom stereocenters. The lowest BCUT2D eigenvalue weighted by molar-refractivity contribution is -0.145. The van der Waals surface area contributed by atoms with Gasteiger partial charge in [0.25, 0.3) is 5.91 Å². The number of benzene rings is 2. The average molecular weight is 824 g/mol. The Morgan fingerprint density at radius 1 is 1.02 bits per heavy atom. The predicted octanol–water partition coefficient (Wildman–Crippen LogP) is 5.43. The molecule has 0 spiro atoms. The molecule has 0 bridgehead atoms. The van der Waals surface area contributed by atoms with E-state index < -0.39 is 49.6 Å². The van der Waals surface area contributed by atoms with Gasteiger partial charge in [0, 0.05) is 30.8 Å². The number of ether oxygens (including phenoxy) is 1. The van der Waals surface area contributed by atoms with Crippen molar-refractivity contribution in [1.29, 1.82) is 0 Å². The van der Waals surface area contributed by atoms with Crippen LogP contribution in [0.15, 0.2) is 54.6 Å². The zero-order chi connectivity index (χ0) is 40.4. The van der Waals surface area contributed by atoms with E-state index in [1.165, 1.54) is 23.2 Å². The molecule has 13 nitrogen and oxygen atoms in total. The second-order valence-corrected chi connectivity index (χ2v) is 19.1. The number of fused-ring (bicyclic) bond motifs is 3. The summed E-state index contributed by atoms with van der Waals surface area (Å²) in [6.07, 6.45) is 2.89. The number of carbonyl (C=O) groups excluding carboxylic acids is 5. The van der Waals surface area contributed by atoms with Crippen LogP contribution < -0.4 is 20.2 Å². The van der Waals surface area contributed by atoms with E-state index in [0.29, 0.717) is 53.7 Å². The van der Waals surface area contributed by atoms with Crippen LogP contribution in [0.4, 0.5) is 4.39 Å². The minimum Gasteiger partial charge on any atom is -0.465 e. The number of amides is 4. The summed E-state index contributed by atoms with van der Waals surface area (Å²) >= 11 is 1.30. The maximum absolute atomic E-state index is 14.8. The van der Waals surface area contributed by atoms with Crippen LogP contribution in [0.2, 0.25) is 0 Å². The third-order valence-electron chi connectivity index (χ3n) is 11.6. The molecule has 3 aromatic rings. The highest BCUT2D eigenvalue weighted by Gasteiger charge is 2.51. The SMILES string of the molecule is CCCOC(=O)[C@H](C)NP(=O)(Cc1ccc2sc(C(=O)NCC3C[C@H]4C[C@H]4C[C@H]4CC[C@@H](C(=O)N[C@H]5CN(C(C)=O)C[C@@H]5F)N4C3=O)cc2c1)Oc1ccccc1. The number of halogens is 1. The van der Waals surface area contributed by atoms with Gasteiger partial charge in [0.2, 0.25) is 17.7 Å². The quantitative estimate of drug-likeness (QED) is 0.142. The topological polar surface area (TPSA) is 163 Å². The second-order valence-electron chi connectivity index (χ2n) is 15.9. The minimum atomic E-state index is -3.69. The summed E-state index contributed by atoms with van der Waals surface area (Å²) in [5, 5.41) is 9.46. The molecule has 4 amide bonds. The largest absolute Gasteiger partial charge is 0.465 e. The van der Waals surface area contributed by atoms with Gasteiger partial charge >= 0.3 is 13.5 Å². The molecule has 3 aliphatic heterocycles. The first-order chi connectivity index (χ1) is 27.3. The van der Waals surface area contributed by atoms with Crippen molar-refractivity contribution in [3.8, 4) is 5.75 Å². The molecule has 2 aromatic carbocycles. The first-order valence-corrected chi connectivity index (χ1v) is 22.5. The number of hydrogen-bond acceptors (Lipinski definition) is 9. The van der Waals surface area contributed by atoms with Gasteiger partial charge in [-0.3, -0.25) is 28.5 Å². The van der Waals surface area contributed by atoms with Crippen molar-refractivity contribution < 1.29 is 42.2 Å². The normalized spacial score (nSPS) is 27.0. The molecule has 306 valence electrons. The van der Waals surface area contributed by atoms with E-state index in [9.17, 15) is 32.9 Å². The van der Waals surface area contributed by atoms with Gasteiger partial charge in [-0.05, 0) is 98.6 Å². The first-order valence-electron chi connectivity index (χ1n) is 19.9. The van der Waals surface area contributed by atoms with Crippen LogP contribution in [-0.2, 0) is 34.6 Å². The molecule has 1 aliphatic carbocycles. The van der Waals surface area contributed by atoms with E-state index in [2.05, 4.69) is 15.7 Å². The van der Waals surface area contributed by atoms with Crippen LogP contribution in [0.5, 0.6) is 5.75 Å². The van der Waals surface area contributed by atoms with Gasteiger partial charge in [-0.2, -0.15) is 0 Å². The number of thiophene rings is 1. The molecule has 0 radical (unpaired) electrons. The van der Waals surface area contributed by atoms with E-state index >= 15 is 0 Å². The summed E-state index contributed by atoms with van der Waals surface area (Å²) in [6, 6.07) is 13.5. The number of alkyl halides is 1. The molecule has 3 N–H and O–H groups in total. The number of likely N-dealkylation sites (tertiary alicyclic amines) is 1.